The summed E-state index contributed by atoms with van der Waals surface area (Å²) in [6.45, 7) is 7.91. The Morgan fingerprint density at radius 3 is 1.89 bits per heavy atom. The first-order valence-corrected chi connectivity index (χ1v) is 9.17. The van der Waals surface area contributed by atoms with Gasteiger partial charge in [-0.05, 0) is 43.6 Å². The summed E-state index contributed by atoms with van der Waals surface area (Å²) < 4.78 is 14.1. The molecule has 3 nitrogen and oxygen atoms in total. The summed E-state index contributed by atoms with van der Waals surface area (Å²) in [5.74, 6) is 0.666. The summed E-state index contributed by atoms with van der Waals surface area (Å²) in [7, 11) is -0.403. The first-order valence-electron chi connectivity index (χ1n) is 9.17. The van der Waals surface area contributed by atoms with Gasteiger partial charge in [-0.2, -0.15) is 0 Å². The molecule has 0 bridgehead atoms. The molecule has 5 rings (SSSR count). The number of aromatic nitrogens is 1. The maximum atomic E-state index is 5.99. The van der Waals surface area contributed by atoms with Crippen LogP contribution in [0.15, 0.2) is 85.1 Å². The number of fused-ring (bicyclic) bond motifs is 3. The molecule has 1 saturated heterocycles. The summed E-state index contributed by atoms with van der Waals surface area (Å²) in [5.41, 5.74) is 4.05. The second-order valence-corrected chi connectivity index (χ2v) is 7.46. The molecule has 0 radical (unpaired) electrons. The van der Waals surface area contributed by atoms with Crippen molar-refractivity contribution in [3.63, 3.8) is 0 Å². The molecule has 0 spiro atoms. The molecular formula is C23H20BNO2. The standard InChI is InChI=1S/C23H20BNO2/c1-16-23(2,3)27-24(26-16)17-12-14-18(15-13-17)25-21-10-6-4-8-19(21)20-9-5-7-11-22(20)25/h4-15H,1H2,2-3H3. The van der Waals surface area contributed by atoms with Crippen LogP contribution in [0.25, 0.3) is 27.5 Å². The molecule has 0 unspecified atom stereocenters. The van der Waals surface area contributed by atoms with Crippen LogP contribution in [0.3, 0.4) is 0 Å². The van der Waals surface area contributed by atoms with Gasteiger partial charge >= 0.3 is 7.12 Å². The molecule has 1 aromatic heterocycles. The molecule has 0 saturated carbocycles. The van der Waals surface area contributed by atoms with Crippen LogP contribution in [0, 0.1) is 0 Å². The molecule has 1 fully saturated rings. The maximum Gasteiger partial charge on any atom is 0.563 e. The molecule has 1 aliphatic rings. The van der Waals surface area contributed by atoms with Crippen molar-refractivity contribution in [2.75, 3.05) is 0 Å². The average Bonchev–Trinajstić information content (AvgIpc) is 3.16. The van der Waals surface area contributed by atoms with E-state index in [9.17, 15) is 0 Å². The fraction of sp³-hybridized carbons (Fsp3) is 0.130. The molecular weight excluding hydrogens is 333 g/mol. The lowest BCUT2D eigenvalue weighted by Crippen LogP contribution is -2.34. The molecule has 0 atom stereocenters. The molecule has 0 N–H and O–H groups in total. The summed E-state index contributed by atoms with van der Waals surface area (Å²) >= 11 is 0. The third kappa shape index (κ3) is 2.48. The van der Waals surface area contributed by atoms with E-state index in [-0.39, 0.29) is 0 Å². The highest BCUT2D eigenvalue weighted by Crippen LogP contribution is 2.32. The summed E-state index contributed by atoms with van der Waals surface area (Å²) in [6, 6.07) is 25.4. The second kappa shape index (κ2) is 5.76. The van der Waals surface area contributed by atoms with Gasteiger partial charge in [0.25, 0.3) is 0 Å². The van der Waals surface area contributed by atoms with Crippen molar-refractivity contribution in [2.45, 2.75) is 19.4 Å². The maximum absolute atomic E-state index is 5.99. The molecule has 1 aliphatic heterocycles. The fourth-order valence-corrected chi connectivity index (χ4v) is 3.75. The molecule has 2 heterocycles. The van der Waals surface area contributed by atoms with Crippen molar-refractivity contribution in [1.29, 1.82) is 0 Å². The van der Waals surface area contributed by atoms with Crippen molar-refractivity contribution in [2.24, 2.45) is 0 Å². The van der Waals surface area contributed by atoms with Crippen LogP contribution in [-0.2, 0) is 9.31 Å². The molecule has 0 amide bonds. The Labute approximate surface area is 159 Å². The lowest BCUT2D eigenvalue weighted by molar-refractivity contribution is 0.173. The minimum absolute atomic E-state index is 0.403. The van der Waals surface area contributed by atoms with Crippen molar-refractivity contribution in [1.82, 2.24) is 4.57 Å². The summed E-state index contributed by atoms with van der Waals surface area (Å²) in [5, 5.41) is 2.52. The minimum Gasteiger partial charge on any atom is -0.534 e. The van der Waals surface area contributed by atoms with Gasteiger partial charge in [-0.25, -0.2) is 0 Å². The first kappa shape index (κ1) is 16.2. The Hall–Kier alpha value is -2.98. The van der Waals surface area contributed by atoms with Gasteiger partial charge in [-0.1, -0.05) is 55.1 Å². The van der Waals surface area contributed by atoms with Crippen molar-refractivity contribution < 1.29 is 9.31 Å². The Kier molecular flexibility index (Phi) is 3.46. The molecule has 3 aromatic carbocycles. The molecule has 27 heavy (non-hydrogen) atoms. The minimum atomic E-state index is -0.462. The van der Waals surface area contributed by atoms with Crippen LogP contribution < -0.4 is 5.46 Å². The number of hydrogen-bond donors (Lipinski definition) is 0. The average molecular weight is 353 g/mol. The van der Waals surface area contributed by atoms with Crippen LogP contribution in [0.1, 0.15) is 13.8 Å². The highest BCUT2D eigenvalue weighted by Gasteiger charge is 2.42. The zero-order valence-electron chi connectivity index (χ0n) is 15.5. The van der Waals surface area contributed by atoms with Gasteiger partial charge in [0.05, 0.1) is 16.8 Å². The van der Waals surface area contributed by atoms with Gasteiger partial charge in [0.15, 0.2) is 0 Å². The largest absolute Gasteiger partial charge is 0.563 e. The van der Waals surface area contributed by atoms with E-state index in [1.165, 1.54) is 21.8 Å². The predicted octanol–water partition coefficient (Wildman–Crippen LogP) is 4.82. The van der Waals surface area contributed by atoms with Crippen molar-refractivity contribution >= 4 is 34.4 Å². The van der Waals surface area contributed by atoms with E-state index in [1.54, 1.807) is 0 Å². The fourth-order valence-electron chi connectivity index (χ4n) is 3.75. The Balaban J connectivity index is 1.61. The van der Waals surface area contributed by atoms with Crippen molar-refractivity contribution in [3.8, 4) is 5.69 Å². The zero-order chi connectivity index (χ0) is 18.6. The third-order valence-corrected chi connectivity index (χ3v) is 5.33. The zero-order valence-corrected chi connectivity index (χ0v) is 15.5. The smallest absolute Gasteiger partial charge is 0.534 e. The number of benzene rings is 3. The van der Waals surface area contributed by atoms with E-state index in [2.05, 4.69) is 83.9 Å². The van der Waals surface area contributed by atoms with E-state index in [4.69, 9.17) is 9.31 Å². The summed E-state index contributed by atoms with van der Waals surface area (Å²) in [4.78, 5) is 0. The van der Waals surface area contributed by atoms with E-state index in [0.29, 0.717) is 5.76 Å². The predicted molar refractivity (Wildman–Crippen MR) is 112 cm³/mol. The Morgan fingerprint density at radius 2 is 1.37 bits per heavy atom. The Morgan fingerprint density at radius 1 is 0.815 bits per heavy atom. The molecule has 4 aromatic rings. The quantitative estimate of drug-likeness (QED) is 0.483. The van der Waals surface area contributed by atoms with E-state index in [1.807, 2.05) is 13.8 Å². The topological polar surface area (TPSA) is 23.4 Å². The van der Waals surface area contributed by atoms with Gasteiger partial charge in [0.2, 0.25) is 0 Å². The lowest BCUT2D eigenvalue weighted by Gasteiger charge is -2.15. The van der Waals surface area contributed by atoms with Crippen LogP contribution in [0.5, 0.6) is 0 Å². The van der Waals surface area contributed by atoms with Crippen LogP contribution >= 0.6 is 0 Å². The molecule has 4 heteroatoms. The van der Waals surface area contributed by atoms with Crippen LogP contribution in [-0.4, -0.2) is 17.3 Å². The lowest BCUT2D eigenvalue weighted by atomic mass is 9.79. The van der Waals surface area contributed by atoms with Gasteiger partial charge < -0.3 is 13.9 Å². The number of rotatable bonds is 2. The first-order chi connectivity index (χ1) is 13.0. The SMILES string of the molecule is C=C1OB(c2ccc(-n3c4ccccc4c4ccccc43)cc2)OC1(C)C. The van der Waals surface area contributed by atoms with Gasteiger partial charge in [0.1, 0.15) is 5.60 Å². The summed E-state index contributed by atoms with van der Waals surface area (Å²) in [6.07, 6.45) is 0. The normalized spacial score (nSPS) is 16.2. The van der Waals surface area contributed by atoms with Crippen LogP contribution in [0.2, 0.25) is 0 Å². The van der Waals surface area contributed by atoms with Gasteiger partial charge in [0, 0.05) is 16.5 Å². The van der Waals surface area contributed by atoms with Crippen LogP contribution in [0.4, 0.5) is 0 Å². The van der Waals surface area contributed by atoms with Gasteiger partial charge in [-0.3, -0.25) is 0 Å². The molecule has 132 valence electrons. The highest BCUT2D eigenvalue weighted by atomic mass is 16.7. The van der Waals surface area contributed by atoms with E-state index < -0.39 is 12.7 Å². The highest BCUT2D eigenvalue weighted by molar-refractivity contribution is 6.62. The number of nitrogens with zero attached hydrogens (tertiary/aromatic N) is 1. The van der Waals surface area contributed by atoms with E-state index >= 15 is 0 Å². The third-order valence-electron chi connectivity index (χ3n) is 5.33. The number of para-hydroxylation sites is 2. The monoisotopic (exact) mass is 353 g/mol. The number of hydrogen-bond acceptors (Lipinski definition) is 2. The molecule has 0 aliphatic carbocycles. The van der Waals surface area contributed by atoms with Crippen molar-refractivity contribution in [3.05, 3.63) is 85.1 Å². The van der Waals surface area contributed by atoms with E-state index in [0.717, 1.165) is 11.2 Å². The van der Waals surface area contributed by atoms with Gasteiger partial charge in [-0.15, -0.1) is 0 Å². The Bertz CT molecular complexity index is 1120. The second-order valence-electron chi connectivity index (χ2n) is 7.46.